The van der Waals surface area contributed by atoms with Crippen LogP contribution in [0.2, 0.25) is 0 Å². The summed E-state index contributed by atoms with van der Waals surface area (Å²) >= 11 is 0. The van der Waals surface area contributed by atoms with E-state index in [2.05, 4.69) is 34.9 Å². The minimum Gasteiger partial charge on any atom is -0.265 e. The van der Waals surface area contributed by atoms with E-state index in [9.17, 15) is 0 Å². The molecule has 0 unspecified atom stereocenters. The molecule has 7 nitrogen and oxygen atoms in total. The van der Waals surface area contributed by atoms with E-state index in [1.54, 1.807) is 74.1 Å². The van der Waals surface area contributed by atoms with Crippen LogP contribution in [0, 0.1) is 0 Å². The van der Waals surface area contributed by atoms with Crippen LogP contribution in [0.5, 0.6) is 0 Å². The van der Waals surface area contributed by atoms with E-state index in [-0.39, 0.29) is 0 Å². The molecule has 1 aliphatic carbocycles. The van der Waals surface area contributed by atoms with Crippen molar-refractivity contribution in [1.29, 1.82) is 0 Å². The van der Waals surface area contributed by atoms with Gasteiger partial charge in [-0.25, -0.2) is 19.9 Å². The molecule has 7 rings (SSSR count). The van der Waals surface area contributed by atoms with E-state index in [0.29, 0.717) is 0 Å². The van der Waals surface area contributed by atoms with Crippen LogP contribution in [0.4, 0.5) is 0 Å². The largest absolute Gasteiger partial charge is 0.265 e. The average molecular weight is 770 g/mol. The van der Waals surface area contributed by atoms with Gasteiger partial charge in [-0.15, -0.1) is 0 Å². The van der Waals surface area contributed by atoms with Crippen molar-refractivity contribution >= 4 is 0 Å². The molecular formula is C49H83N7. The number of benzene rings is 1. The molecular weight excluding hydrogens is 687 g/mol. The fraction of sp³-hybridized carbons (Fsp3) is 0.408. The Morgan fingerprint density at radius 2 is 0.321 bits per heavy atom. The topological polar surface area (TPSA) is 90.2 Å². The zero-order valence-corrected chi connectivity index (χ0v) is 38.1. The maximum Gasteiger partial charge on any atom is 0.115 e. The second kappa shape index (κ2) is 87.6. The molecule has 0 radical (unpaired) electrons. The van der Waals surface area contributed by atoms with E-state index in [1.807, 2.05) is 188 Å². The van der Waals surface area contributed by atoms with Crippen molar-refractivity contribution in [3.05, 3.63) is 178 Å². The number of nitrogens with zero attached hydrogens (tertiary/aromatic N) is 7. The predicted octanol–water partition coefficient (Wildman–Crippen LogP) is 15.4. The number of rotatable bonds is 0. The van der Waals surface area contributed by atoms with Crippen LogP contribution in [0.1, 0.15) is 135 Å². The predicted molar refractivity (Wildman–Crippen MR) is 250 cm³/mol. The average Bonchev–Trinajstić information content (AvgIpc) is 3.38. The lowest BCUT2D eigenvalue weighted by molar-refractivity contribution is 0.504. The zero-order valence-electron chi connectivity index (χ0n) is 38.1. The molecule has 56 heavy (non-hydrogen) atoms. The minimum atomic E-state index is 1.50. The Balaban J connectivity index is -0.0000000950. The number of pyridine rings is 3. The molecule has 5 heterocycles. The van der Waals surface area contributed by atoms with Crippen LogP contribution in [0.3, 0.4) is 0 Å². The highest BCUT2D eigenvalue weighted by Crippen LogP contribution is 2.15. The molecule has 0 bridgehead atoms. The van der Waals surface area contributed by atoms with E-state index < -0.39 is 0 Å². The normalized spacial score (nSPS) is 8.46. The summed E-state index contributed by atoms with van der Waals surface area (Å²) in [6, 6.07) is 32.7. The highest BCUT2D eigenvalue weighted by Gasteiger charge is 1.95. The quantitative estimate of drug-likeness (QED) is 0.152. The Bertz CT molecular complexity index is 788. The molecule has 0 spiro atoms. The first-order valence-electron chi connectivity index (χ1n) is 20.9. The van der Waals surface area contributed by atoms with Gasteiger partial charge in [0.15, 0.2) is 0 Å². The van der Waals surface area contributed by atoms with Gasteiger partial charge in [-0.3, -0.25) is 15.0 Å². The first-order chi connectivity index (χ1) is 28.0. The van der Waals surface area contributed by atoms with Gasteiger partial charge in [0.05, 0.1) is 0 Å². The van der Waals surface area contributed by atoms with E-state index in [1.165, 1.54) is 51.2 Å². The Hall–Kier alpha value is -5.17. The van der Waals surface area contributed by atoms with Gasteiger partial charge in [0.25, 0.3) is 0 Å². The SMILES string of the molecule is C1CCCCC1.CC.CC.CC.CC.CC.CC.CC.c1ccccc1.c1ccncc1.c1ccncc1.c1ccncc1.c1cncnc1.c1cncnc1. The molecule has 1 fully saturated rings. The first kappa shape index (κ1) is 65.7. The summed E-state index contributed by atoms with van der Waals surface area (Å²) in [7, 11) is 0. The standard InChI is InChI=1S/C6H12.C6H6.3C5H5N.2C4H4N2.7C2H6/c5*1-2-4-6-5-3-1;2*1-2-5-4-6-3-1;7*1-2/h1-6H2;1-6H;3*1-5H;2*1-4H;7*1-2H3. The molecule has 0 N–H and O–H groups in total. The maximum atomic E-state index is 3.78. The maximum absolute atomic E-state index is 3.78. The van der Waals surface area contributed by atoms with Crippen LogP contribution in [0.25, 0.3) is 0 Å². The van der Waals surface area contributed by atoms with Crippen LogP contribution >= 0.6 is 0 Å². The fourth-order valence-electron chi connectivity index (χ4n) is 2.89. The number of hydrogen-bond acceptors (Lipinski definition) is 7. The Morgan fingerprint density at radius 1 is 0.179 bits per heavy atom. The molecule has 6 aromatic rings. The molecule has 0 atom stereocenters. The van der Waals surface area contributed by atoms with Gasteiger partial charge in [0.1, 0.15) is 12.7 Å². The van der Waals surface area contributed by atoms with Gasteiger partial charge >= 0.3 is 0 Å². The minimum absolute atomic E-state index is 1.50. The molecule has 1 aliphatic rings. The molecule has 0 saturated heterocycles. The highest BCUT2D eigenvalue weighted by molar-refractivity contribution is 4.99. The van der Waals surface area contributed by atoms with Gasteiger partial charge in [0, 0.05) is 62.0 Å². The van der Waals surface area contributed by atoms with Gasteiger partial charge in [-0.2, -0.15) is 0 Å². The lowest BCUT2D eigenvalue weighted by atomic mass is 10.0. The molecule has 0 amide bonds. The summed E-state index contributed by atoms with van der Waals surface area (Å²) in [5, 5.41) is 0. The fourth-order valence-corrected chi connectivity index (χ4v) is 2.89. The van der Waals surface area contributed by atoms with E-state index in [0.717, 1.165) is 0 Å². The lowest BCUT2D eigenvalue weighted by Gasteiger charge is -2.05. The summed E-state index contributed by atoms with van der Waals surface area (Å²) in [4.78, 5) is 26.0. The second-order valence-electron chi connectivity index (χ2n) is 8.16. The third-order valence-corrected chi connectivity index (χ3v) is 4.82. The van der Waals surface area contributed by atoms with Gasteiger partial charge < -0.3 is 0 Å². The first-order valence-corrected chi connectivity index (χ1v) is 20.9. The van der Waals surface area contributed by atoms with Crippen molar-refractivity contribution in [2.24, 2.45) is 0 Å². The van der Waals surface area contributed by atoms with Crippen molar-refractivity contribution in [3.8, 4) is 0 Å². The Kier molecular flexibility index (Phi) is 103. The highest BCUT2D eigenvalue weighted by atomic mass is 14.8. The molecule has 1 saturated carbocycles. The van der Waals surface area contributed by atoms with Crippen molar-refractivity contribution in [2.45, 2.75) is 135 Å². The summed E-state index contributed by atoms with van der Waals surface area (Å²) in [6.07, 6.45) is 29.2. The van der Waals surface area contributed by atoms with Gasteiger partial charge in [-0.05, 0) is 48.5 Å². The van der Waals surface area contributed by atoms with Crippen LogP contribution in [-0.4, -0.2) is 34.9 Å². The molecule has 314 valence electrons. The number of hydrogen-bond donors (Lipinski definition) is 0. The third-order valence-electron chi connectivity index (χ3n) is 4.82. The lowest BCUT2D eigenvalue weighted by Crippen LogP contribution is -1.85. The monoisotopic (exact) mass is 770 g/mol. The van der Waals surface area contributed by atoms with Crippen molar-refractivity contribution < 1.29 is 0 Å². The van der Waals surface area contributed by atoms with E-state index >= 15 is 0 Å². The molecule has 7 heteroatoms. The third kappa shape index (κ3) is 82.4. The smallest absolute Gasteiger partial charge is 0.115 e. The Labute approximate surface area is 347 Å². The van der Waals surface area contributed by atoms with Crippen molar-refractivity contribution in [1.82, 2.24) is 34.9 Å². The van der Waals surface area contributed by atoms with Crippen LogP contribution < -0.4 is 0 Å². The zero-order chi connectivity index (χ0) is 43.7. The summed E-state index contributed by atoms with van der Waals surface area (Å²) in [6.45, 7) is 28.0. The van der Waals surface area contributed by atoms with E-state index in [4.69, 9.17) is 0 Å². The molecule has 5 aromatic heterocycles. The number of aromatic nitrogens is 7. The van der Waals surface area contributed by atoms with Crippen molar-refractivity contribution in [3.63, 3.8) is 0 Å². The summed E-state index contributed by atoms with van der Waals surface area (Å²) < 4.78 is 0. The molecule has 1 aromatic carbocycles. The second-order valence-corrected chi connectivity index (χ2v) is 8.16. The summed E-state index contributed by atoms with van der Waals surface area (Å²) in [5.41, 5.74) is 0. The van der Waals surface area contributed by atoms with Gasteiger partial charge in [-0.1, -0.05) is 190 Å². The molecule has 0 aliphatic heterocycles. The van der Waals surface area contributed by atoms with Crippen LogP contribution in [0.15, 0.2) is 178 Å². The summed E-state index contributed by atoms with van der Waals surface area (Å²) in [5.74, 6) is 0. The van der Waals surface area contributed by atoms with Gasteiger partial charge in [0.2, 0.25) is 0 Å². The van der Waals surface area contributed by atoms with Crippen molar-refractivity contribution in [2.75, 3.05) is 0 Å². The van der Waals surface area contributed by atoms with Crippen LogP contribution in [-0.2, 0) is 0 Å². The Morgan fingerprint density at radius 3 is 0.393 bits per heavy atom.